The van der Waals surface area contributed by atoms with E-state index in [9.17, 15) is 4.79 Å². The Morgan fingerprint density at radius 1 is 1.46 bits per heavy atom. The number of amides is 1. The summed E-state index contributed by atoms with van der Waals surface area (Å²) in [5.41, 5.74) is 0. The summed E-state index contributed by atoms with van der Waals surface area (Å²) in [5, 5.41) is 3.74. The minimum absolute atomic E-state index is 0.337. The Morgan fingerprint density at radius 2 is 2.38 bits per heavy atom. The number of rotatable bonds is 1. The lowest BCUT2D eigenvalue weighted by molar-refractivity contribution is -0.131. The van der Waals surface area contributed by atoms with E-state index in [0.717, 1.165) is 19.6 Å². The average Bonchev–Trinajstić information content (AvgIpc) is 2.56. The van der Waals surface area contributed by atoms with Crippen molar-refractivity contribution in [3.63, 3.8) is 0 Å². The van der Waals surface area contributed by atoms with Crippen molar-refractivity contribution in [3.05, 3.63) is 0 Å². The summed E-state index contributed by atoms with van der Waals surface area (Å²) in [6.45, 7) is 2.71. The minimum Gasteiger partial charge on any atom is -0.329 e. The normalized spacial score (nSPS) is 30.6. The first-order valence-corrected chi connectivity index (χ1v) is 6.04. The van der Waals surface area contributed by atoms with E-state index in [1.807, 2.05) is 11.8 Å². The van der Waals surface area contributed by atoms with Gasteiger partial charge in [-0.15, -0.1) is 11.8 Å². The van der Waals surface area contributed by atoms with Crippen LogP contribution in [0.15, 0.2) is 0 Å². The zero-order valence-electron chi connectivity index (χ0n) is 7.79. The largest absolute Gasteiger partial charge is 0.329 e. The molecule has 4 heteroatoms. The van der Waals surface area contributed by atoms with Gasteiger partial charge in [0.25, 0.3) is 0 Å². The van der Waals surface area contributed by atoms with Crippen molar-refractivity contribution in [1.82, 2.24) is 10.2 Å². The second kappa shape index (κ2) is 4.33. The Morgan fingerprint density at radius 3 is 3.15 bits per heavy atom. The summed E-state index contributed by atoms with van der Waals surface area (Å²) in [6, 6.07) is 0. The Bertz CT molecular complexity index is 192. The molecule has 2 aliphatic rings. The Hall–Kier alpha value is -0.220. The SMILES string of the molecule is O=C1CCNCCN1C1CCCS1. The standard InChI is InChI=1S/C9H16N2OS/c12-8-3-4-10-5-6-11(8)9-2-1-7-13-9/h9-10H,1-7H2. The van der Waals surface area contributed by atoms with Crippen molar-refractivity contribution in [2.45, 2.75) is 24.6 Å². The monoisotopic (exact) mass is 200 g/mol. The molecule has 2 rings (SSSR count). The Balaban J connectivity index is 1.97. The molecule has 2 fully saturated rings. The Kier molecular flexibility index (Phi) is 3.11. The number of carbonyl (C=O) groups excluding carboxylic acids is 1. The average molecular weight is 200 g/mol. The van der Waals surface area contributed by atoms with Crippen molar-refractivity contribution in [3.8, 4) is 0 Å². The second-order valence-electron chi connectivity index (χ2n) is 3.55. The van der Waals surface area contributed by atoms with E-state index in [1.165, 1.54) is 18.6 Å². The van der Waals surface area contributed by atoms with Crippen molar-refractivity contribution < 1.29 is 4.79 Å². The maximum absolute atomic E-state index is 11.7. The maximum atomic E-state index is 11.7. The van der Waals surface area contributed by atoms with Gasteiger partial charge in [-0.25, -0.2) is 0 Å². The molecule has 1 N–H and O–H groups in total. The third kappa shape index (κ3) is 2.17. The van der Waals surface area contributed by atoms with E-state index in [1.54, 1.807) is 0 Å². The van der Waals surface area contributed by atoms with Gasteiger partial charge in [-0.1, -0.05) is 0 Å². The lowest BCUT2D eigenvalue weighted by Gasteiger charge is -2.26. The third-order valence-corrected chi connectivity index (χ3v) is 4.02. The quantitative estimate of drug-likeness (QED) is 0.675. The van der Waals surface area contributed by atoms with Gasteiger partial charge in [0, 0.05) is 26.1 Å². The van der Waals surface area contributed by atoms with Crippen LogP contribution < -0.4 is 5.32 Å². The molecule has 0 saturated carbocycles. The molecule has 2 saturated heterocycles. The number of nitrogens with one attached hydrogen (secondary N) is 1. The van der Waals surface area contributed by atoms with Crippen LogP contribution in [0.4, 0.5) is 0 Å². The fourth-order valence-electron chi connectivity index (χ4n) is 1.90. The lowest BCUT2D eigenvalue weighted by atomic mass is 10.3. The molecule has 0 aromatic heterocycles. The number of hydrogen-bond donors (Lipinski definition) is 1. The molecule has 0 aromatic rings. The summed E-state index contributed by atoms with van der Waals surface area (Å²) in [7, 11) is 0. The molecule has 0 aromatic carbocycles. The molecule has 1 unspecified atom stereocenters. The molecule has 2 aliphatic heterocycles. The van der Waals surface area contributed by atoms with Crippen LogP contribution in [0.2, 0.25) is 0 Å². The summed E-state index contributed by atoms with van der Waals surface area (Å²) in [4.78, 5) is 13.7. The molecule has 3 nitrogen and oxygen atoms in total. The molecule has 0 bridgehead atoms. The van der Waals surface area contributed by atoms with Gasteiger partial charge in [0.1, 0.15) is 0 Å². The minimum atomic E-state index is 0.337. The number of carbonyl (C=O) groups is 1. The van der Waals surface area contributed by atoms with Gasteiger partial charge in [0.2, 0.25) is 5.91 Å². The molecule has 2 heterocycles. The van der Waals surface area contributed by atoms with Gasteiger partial charge in [-0.3, -0.25) is 4.79 Å². The summed E-state index contributed by atoms with van der Waals surface area (Å²) in [6.07, 6.45) is 3.14. The predicted octanol–water partition coefficient (Wildman–Crippen LogP) is 0.661. The zero-order valence-corrected chi connectivity index (χ0v) is 8.61. The summed E-state index contributed by atoms with van der Waals surface area (Å²) < 4.78 is 0. The highest BCUT2D eigenvalue weighted by molar-refractivity contribution is 8.00. The van der Waals surface area contributed by atoms with Crippen LogP contribution >= 0.6 is 11.8 Å². The first kappa shape index (κ1) is 9.34. The van der Waals surface area contributed by atoms with Crippen molar-refractivity contribution >= 4 is 17.7 Å². The molecule has 0 radical (unpaired) electrons. The van der Waals surface area contributed by atoms with Crippen LogP contribution in [0.3, 0.4) is 0 Å². The summed E-state index contributed by atoms with van der Waals surface area (Å²) >= 11 is 1.94. The van der Waals surface area contributed by atoms with Gasteiger partial charge in [0.05, 0.1) is 5.37 Å². The molecule has 0 aliphatic carbocycles. The van der Waals surface area contributed by atoms with Gasteiger partial charge in [0.15, 0.2) is 0 Å². The molecule has 1 amide bonds. The van der Waals surface area contributed by atoms with Crippen molar-refractivity contribution in [2.75, 3.05) is 25.4 Å². The zero-order chi connectivity index (χ0) is 9.10. The van der Waals surface area contributed by atoms with Gasteiger partial charge < -0.3 is 10.2 Å². The highest BCUT2D eigenvalue weighted by Gasteiger charge is 2.27. The molecule has 74 valence electrons. The highest BCUT2D eigenvalue weighted by Crippen LogP contribution is 2.29. The Labute approximate surface area is 83.2 Å². The fourth-order valence-corrected chi connectivity index (χ4v) is 3.24. The second-order valence-corrected chi connectivity index (χ2v) is 4.84. The molecular weight excluding hydrogens is 184 g/mol. The first-order valence-electron chi connectivity index (χ1n) is 5.00. The van der Waals surface area contributed by atoms with Gasteiger partial charge in [-0.2, -0.15) is 0 Å². The van der Waals surface area contributed by atoms with E-state index in [2.05, 4.69) is 10.2 Å². The van der Waals surface area contributed by atoms with E-state index in [0.29, 0.717) is 17.7 Å². The van der Waals surface area contributed by atoms with Crippen molar-refractivity contribution in [2.24, 2.45) is 0 Å². The smallest absolute Gasteiger partial charge is 0.224 e. The van der Waals surface area contributed by atoms with E-state index in [-0.39, 0.29) is 0 Å². The highest BCUT2D eigenvalue weighted by atomic mass is 32.2. The van der Waals surface area contributed by atoms with E-state index < -0.39 is 0 Å². The molecule has 13 heavy (non-hydrogen) atoms. The van der Waals surface area contributed by atoms with E-state index in [4.69, 9.17) is 0 Å². The van der Waals surface area contributed by atoms with Crippen LogP contribution in [-0.2, 0) is 4.79 Å². The van der Waals surface area contributed by atoms with Gasteiger partial charge >= 0.3 is 0 Å². The molecular formula is C9H16N2OS. The maximum Gasteiger partial charge on any atom is 0.224 e. The number of nitrogens with zero attached hydrogens (tertiary/aromatic N) is 1. The van der Waals surface area contributed by atoms with Crippen LogP contribution in [0.5, 0.6) is 0 Å². The van der Waals surface area contributed by atoms with Crippen LogP contribution in [0.1, 0.15) is 19.3 Å². The molecule has 1 atom stereocenters. The lowest BCUT2D eigenvalue weighted by Crippen LogP contribution is -2.38. The third-order valence-electron chi connectivity index (χ3n) is 2.62. The molecule has 0 spiro atoms. The summed E-state index contributed by atoms with van der Waals surface area (Å²) in [5.74, 6) is 1.56. The topological polar surface area (TPSA) is 32.3 Å². The fraction of sp³-hybridized carbons (Fsp3) is 0.889. The van der Waals surface area contributed by atoms with Crippen LogP contribution in [-0.4, -0.2) is 41.6 Å². The van der Waals surface area contributed by atoms with Gasteiger partial charge in [-0.05, 0) is 18.6 Å². The van der Waals surface area contributed by atoms with Crippen LogP contribution in [0.25, 0.3) is 0 Å². The first-order chi connectivity index (χ1) is 6.38. The predicted molar refractivity (Wildman–Crippen MR) is 54.7 cm³/mol. The number of thioether (sulfide) groups is 1. The number of hydrogen-bond acceptors (Lipinski definition) is 3. The van der Waals surface area contributed by atoms with E-state index >= 15 is 0 Å². The van der Waals surface area contributed by atoms with Crippen molar-refractivity contribution in [1.29, 1.82) is 0 Å². The van der Waals surface area contributed by atoms with Crippen LogP contribution in [0, 0.1) is 0 Å².